The van der Waals surface area contributed by atoms with Crippen molar-refractivity contribution in [1.82, 2.24) is 4.72 Å². The molecule has 0 saturated carbocycles. The van der Waals surface area contributed by atoms with E-state index in [1.54, 1.807) is 19.2 Å². The van der Waals surface area contributed by atoms with Crippen LogP contribution in [0.15, 0.2) is 29.2 Å². The van der Waals surface area contributed by atoms with E-state index in [1.807, 2.05) is 0 Å². The maximum atomic E-state index is 11.9. The standard InChI is InChI=1S/C13H17NO4S/c1-18-11-3-9-14-19(16,17)13-7-5-12(6-8-13)4-2-10-15/h5-8,14-15H,3,9-11H2,1H3. The number of hydrogen-bond donors (Lipinski definition) is 2. The van der Waals surface area contributed by atoms with E-state index in [1.165, 1.54) is 12.1 Å². The number of sulfonamides is 1. The monoisotopic (exact) mass is 283 g/mol. The van der Waals surface area contributed by atoms with Gasteiger partial charge in [-0.2, -0.15) is 0 Å². The van der Waals surface area contributed by atoms with Crippen LogP contribution in [0.1, 0.15) is 12.0 Å². The summed E-state index contributed by atoms with van der Waals surface area (Å²) in [5.74, 6) is 5.20. The predicted molar refractivity (Wildman–Crippen MR) is 72.1 cm³/mol. The van der Waals surface area contributed by atoms with Crippen LogP contribution in [0.25, 0.3) is 0 Å². The minimum Gasteiger partial charge on any atom is -0.385 e. The Hall–Kier alpha value is -1.39. The van der Waals surface area contributed by atoms with E-state index in [0.29, 0.717) is 25.1 Å². The highest BCUT2D eigenvalue weighted by Gasteiger charge is 2.12. The number of ether oxygens (including phenoxy) is 1. The van der Waals surface area contributed by atoms with Crippen molar-refractivity contribution in [2.45, 2.75) is 11.3 Å². The number of methoxy groups -OCH3 is 1. The molecule has 19 heavy (non-hydrogen) atoms. The summed E-state index contributed by atoms with van der Waals surface area (Å²) >= 11 is 0. The second-order valence-corrected chi connectivity index (χ2v) is 5.50. The van der Waals surface area contributed by atoms with Crippen LogP contribution in [-0.4, -0.2) is 40.4 Å². The molecule has 0 atom stereocenters. The zero-order valence-electron chi connectivity index (χ0n) is 10.7. The Balaban J connectivity index is 2.68. The quantitative estimate of drug-likeness (QED) is 0.583. The molecule has 0 aromatic heterocycles. The van der Waals surface area contributed by atoms with Crippen molar-refractivity contribution in [1.29, 1.82) is 0 Å². The van der Waals surface area contributed by atoms with Gasteiger partial charge >= 0.3 is 0 Å². The molecule has 0 aliphatic carbocycles. The van der Waals surface area contributed by atoms with Gasteiger partial charge in [-0.15, -0.1) is 0 Å². The molecule has 0 spiro atoms. The molecule has 0 saturated heterocycles. The Morgan fingerprint density at radius 1 is 1.32 bits per heavy atom. The third kappa shape index (κ3) is 5.41. The summed E-state index contributed by atoms with van der Waals surface area (Å²) in [6.45, 7) is 0.627. The predicted octanol–water partition coefficient (Wildman–Crippen LogP) is 0.345. The minimum absolute atomic E-state index is 0.194. The highest BCUT2D eigenvalue weighted by atomic mass is 32.2. The van der Waals surface area contributed by atoms with Gasteiger partial charge < -0.3 is 9.84 Å². The van der Waals surface area contributed by atoms with Crippen molar-refractivity contribution in [2.75, 3.05) is 26.9 Å². The van der Waals surface area contributed by atoms with Crippen LogP contribution >= 0.6 is 0 Å². The first kappa shape index (κ1) is 15.7. The van der Waals surface area contributed by atoms with Crippen LogP contribution in [-0.2, 0) is 14.8 Å². The van der Waals surface area contributed by atoms with Gasteiger partial charge in [0, 0.05) is 25.8 Å². The fourth-order valence-electron chi connectivity index (χ4n) is 1.37. The van der Waals surface area contributed by atoms with Gasteiger partial charge in [-0.05, 0) is 30.7 Å². The zero-order valence-corrected chi connectivity index (χ0v) is 11.5. The molecule has 2 N–H and O–H groups in total. The maximum absolute atomic E-state index is 11.9. The Morgan fingerprint density at radius 2 is 2.00 bits per heavy atom. The molecule has 0 fully saturated rings. The van der Waals surface area contributed by atoms with Gasteiger partial charge in [-0.1, -0.05) is 11.8 Å². The van der Waals surface area contributed by atoms with E-state index in [-0.39, 0.29) is 11.5 Å². The maximum Gasteiger partial charge on any atom is 0.240 e. The molecule has 0 heterocycles. The molecule has 1 rings (SSSR count). The first-order chi connectivity index (χ1) is 9.10. The minimum atomic E-state index is -3.48. The van der Waals surface area contributed by atoms with Crippen LogP contribution in [0.2, 0.25) is 0 Å². The largest absolute Gasteiger partial charge is 0.385 e. The summed E-state index contributed by atoms with van der Waals surface area (Å²) in [7, 11) is -1.91. The van der Waals surface area contributed by atoms with Crippen molar-refractivity contribution in [2.24, 2.45) is 0 Å². The molecule has 5 nitrogen and oxygen atoms in total. The summed E-state index contributed by atoms with van der Waals surface area (Å²) in [6.07, 6.45) is 0.621. The molecule has 1 aromatic rings. The zero-order chi connectivity index (χ0) is 14.1. The number of aliphatic hydroxyl groups is 1. The van der Waals surface area contributed by atoms with Crippen molar-refractivity contribution < 1.29 is 18.3 Å². The Bertz CT molecular complexity index is 540. The summed E-state index contributed by atoms with van der Waals surface area (Å²) in [5.41, 5.74) is 0.660. The summed E-state index contributed by atoms with van der Waals surface area (Å²) in [4.78, 5) is 0.194. The van der Waals surface area contributed by atoms with E-state index in [9.17, 15) is 8.42 Å². The fourth-order valence-corrected chi connectivity index (χ4v) is 2.44. The normalized spacial score (nSPS) is 10.8. The van der Waals surface area contributed by atoms with E-state index in [4.69, 9.17) is 9.84 Å². The van der Waals surface area contributed by atoms with Crippen molar-refractivity contribution in [3.63, 3.8) is 0 Å². The molecule has 104 valence electrons. The average molecular weight is 283 g/mol. The second-order valence-electron chi connectivity index (χ2n) is 3.73. The second kappa shape index (κ2) is 7.92. The lowest BCUT2D eigenvalue weighted by molar-refractivity contribution is 0.196. The van der Waals surface area contributed by atoms with Crippen molar-refractivity contribution >= 4 is 10.0 Å². The molecular weight excluding hydrogens is 266 g/mol. The number of benzene rings is 1. The van der Waals surface area contributed by atoms with Crippen molar-refractivity contribution in [3.05, 3.63) is 29.8 Å². The highest BCUT2D eigenvalue weighted by molar-refractivity contribution is 7.89. The molecule has 0 bridgehead atoms. The van der Waals surface area contributed by atoms with Crippen LogP contribution < -0.4 is 4.72 Å². The summed E-state index contributed by atoms with van der Waals surface area (Å²) in [6, 6.07) is 6.18. The number of aliphatic hydroxyl groups excluding tert-OH is 1. The lowest BCUT2D eigenvalue weighted by Crippen LogP contribution is -2.25. The Kier molecular flexibility index (Phi) is 6.53. The van der Waals surface area contributed by atoms with E-state index >= 15 is 0 Å². The van der Waals surface area contributed by atoms with Crippen LogP contribution in [0.5, 0.6) is 0 Å². The summed E-state index contributed by atoms with van der Waals surface area (Å²) in [5, 5.41) is 8.56. The van der Waals surface area contributed by atoms with Gasteiger partial charge in [-0.3, -0.25) is 0 Å². The Morgan fingerprint density at radius 3 is 2.58 bits per heavy atom. The molecule has 6 heteroatoms. The van der Waals surface area contributed by atoms with Gasteiger partial charge in [0.25, 0.3) is 0 Å². The van der Waals surface area contributed by atoms with Crippen LogP contribution in [0, 0.1) is 11.8 Å². The van der Waals surface area contributed by atoms with E-state index < -0.39 is 10.0 Å². The average Bonchev–Trinajstić information content (AvgIpc) is 2.42. The number of hydrogen-bond acceptors (Lipinski definition) is 4. The fraction of sp³-hybridized carbons (Fsp3) is 0.385. The van der Waals surface area contributed by atoms with E-state index in [0.717, 1.165) is 0 Å². The molecule has 0 unspecified atom stereocenters. The lowest BCUT2D eigenvalue weighted by Gasteiger charge is -2.06. The smallest absolute Gasteiger partial charge is 0.240 e. The molecule has 0 amide bonds. The van der Waals surface area contributed by atoms with Gasteiger partial charge in [0.05, 0.1) is 4.90 Å². The van der Waals surface area contributed by atoms with Crippen LogP contribution in [0.4, 0.5) is 0 Å². The van der Waals surface area contributed by atoms with Gasteiger partial charge in [0.1, 0.15) is 6.61 Å². The number of rotatable bonds is 6. The van der Waals surface area contributed by atoms with Gasteiger partial charge in [0.2, 0.25) is 10.0 Å². The van der Waals surface area contributed by atoms with Crippen molar-refractivity contribution in [3.8, 4) is 11.8 Å². The summed E-state index contributed by atoms with van der Waals surface area (Å²) < 4.78 is 31.1. The van der Waals surface area contributed by atoms with E-state index in [2.05, 4.69) is 16.6 Å². The SMILES string of the molecule is COCCCNS(=O)(=O)c1ccc(C#CCO)cc1. The molecule has 1 aromatic carbocycles. The highest BCUT2D eigenvalue weighted by Crippen LogP contribution is 2.09. The first-order valence-corrected chi connectivity index (χ1v) is 7.27. The number of nitrogens with one attached hydrogen (secondary N) is 1. The topological polar surface area (TPSA) is 75.6 Å². The molecule has 0 aliphatic rings. The van der Waals surface area contributed by atoms with Gasteiger partial charge in [-0.25, -0.2) is 13.1 Å². The first-order valence-electron chi connectivity index (χ1n) is 5.78. The lowest BCUT2D eigenvalue weighted by atomic mass is 10.2. The van der Waals surface area contributed by atoms with Crippen LogP contribution in [0.3, 0.4) is 0 Å². The molecule has 0 aliphatic heterocycles. The Labute approximate surface area is 113 Å². The van der Waals surface area contributed by atoms with Gasteiger partial charge in [0.15, 0.2) is 0 Å². The third-order valence-corrected chi connectivity index (χ3v) is 3.77. The third-order valence-electron chi connectivity index (χ3n) is 2.29. The molecule has 0 radical (unpaired) electrons. The molecular formula is C13H17NO4S.